The second-order valence-electron chi connectivity index (χ2n) is 14.5. The molecule has 8 nitrogen and oxygen atoms in total. The maximum absolute atomic E-state index is 12.5. The summed E-state index contributed by atoms with van der Waals surface area (Å²) < 4.78 is 0. The van der Waals surface area contributed by atoms with E-state index in [2.05, 4.69) is 134 Å². The van der Waals surface area contributed by atoms with Gasteiger partial charge in [0.15, 0.2) is 0 Å². The lowest BCUT2D eigenvalue weighted by atomic mass is 10.0. The first-order chi connectivity index (χ1) is 25.0. The molecule has 0 unspecified atom stereocenters. The molecule has 2 saturated heterocycles. The average molecular weight is 701 g/mol. The van der Waals surface area contributed by atoms with Crippen LogP contribution in [0.1, 0.15) is 68.7 Å². The Bertz CT molecular complexity index is 1750. The molecule has 274 valence electrons. The van der Waals surface area contributed by atoms with Crippen molar-refractivity contribution in [1.82, 2.24) is 9.80 Å². The van der Waals surface area contributed by atoms with E-state index in [-0.39, 0.29) is 12.1 Å². The largest absolute Gasteiger partial charge is 0.368 e. The molecule has 0 radical (unpaired) electrons. The van der Waals surface area contributed by atoms with Crippen molar-refractivity contribution in [2.45, 2.75) is 53.4 Å². The Morgan fingerprint density at radius 2 is 0.885 bits per heavy atom. The number of anilines is 4. The fourth-order valence-corrected chi connectivity index (χ4v) is 6.36. The lowest BCUT2D eigenvalue weighted by molar-refractivity contribution is 0.207. The normalized spacial score (nSPS) is 14.5. The molecule has 4 aromatic rings. The molecular weight excluding hydrogens is 645 g/mol. The molecule has 0 spiro atoms. The number of nitrogens with zero attached hydrogens (tertiary/aromatic N) is 4. The van der Waals surface area contributed by atoms with Crippen LogP contribution in [0.2, 0.25) is 0 Å². The SMILES string of the molecule is C=C(C)c1ccc(N2CCN(C(=O)Nc3ccc(C(C)C)cc3)CC2)cc1.Cc1ccc(N2CCN(C(=O)Nc3ccc(C(C)C)cc3)CC2)cc1. The predicted octanol–water partition coefficient (Wildman–Crippen LogP) is 9.67. The van der Waals surface area contributed by atoms with Gasteiger partial charge in [-0.25, -0.2) is 9.59 Å². The summed E-state index contributed by atoms with van der Waals surface area (Å²) in [5.41, 5.74) is 10.2. The zero-order valence-electron chi connectivity index (χ0n) is 31.9. The van der Waals surface area contributed by atoms with E-state index in [4.69, 9.17) is 0 Å². The first-order valence-electron chi connectivity index (χ1n) is 18.6. The molecule has 0 aromatic heterocycles. The van der Waals surface area contributed by atoms with Crippen molar-refractivity contribution in [1.29, 1.82) is 0 Å². The number of amides is 4. The average Bonchev–Trinajstić information content (AvgIpc) is 3.16. The molecule has 2 fully saturated rings. The van der Waals surface area contributed by atoms with Crippen molar-refractivity contribution in [2.24, 2.45) is 0 Å². The highest BCUT2D eigenvalue weighted by Gasteiger charge is 2.23. The van der Waals surface area contributed by atoms with Crippen molar-refractivity contribution in [3.8, 4) is 0 Å². The van der Waals surface area contributed by atoms with E-state index < -0.39 is 0 Å². The number of urea groups is 2. The number of carbonyl (C=O) groups is 2. The molecule has 4 amide bonds. The van der Waals surface area contributed by atoms with Gasteiger partial charge in [0.1, 0.15) is 0 Å². The van der Waals surface area contributed by atoms with Crippen LogP contribution in [0.25, 0.3) is 5.57 Å². The highest BCUT2D eigenvalue weighted by atomic mass is 16.2. The number of piperazine rings is 2. The first kappa shape index (κ1) is 38.0. The number of nitrogens with one attached hydrogen (secondary N) is 2. The van der Waals surface area contributed by atoms with Gasteiger partial charge < -0.3 is 30.2 Å². The molecule has 6 rings (SSSR count). The molecule has 2 aliphatic heterocycles. The summed E-state index contributed by atoms with van der Waals surface area (Å²) in [5, 5.41) is 6.02. The summed E-state index contributed by atoms with van der Waals surface area (Å²) in [6, 6.07) is 33.3. The quantitative estimate of drug-likeness (QED) is 0.202. The van der Waals surface area contributed by atoms with Gasteiger partial charge in [0, 0.05) is 75.1 Å². The Morgan fingerprint density at radius 3 is 1.21 bits per heavy atom. The van der Waals surface area contributed by atoms with Crippen molar-refractivity contribution < 1.29 is 9.59 Å². The Kier molecular flexibility index (Phi) is 13.0. The second-order valence-corrected chi connectivity index (χ2v) is 14.5. The van der Waals surface area contributed by atoms with Crippen LogP contribution in [-0.4, -0.2) is 74.2 Å². The molecule has 0 bridgehead atoms. The van der Waals surface area contributed by atoms with Gasteiger partial charge in [-0.15, -0.1) is 0 Å². The number of rotatable bonds is 7. The summed E-state index contributed by atoms with van der Waals surface area (Å²) in [6.45, 7) is 23.1. The van der Waals surface area contributed by atoms with Crippen molar-refractivity contribution >= 4 is 40.4 Å². The molecule has 4 aromatic carbocycles. The predicted molar refractivity (Wildman–Crippen MR) is 219 cm³/mol. The van der Waals surface area contributed by atoms with E-state index in [0.29, 0.717) is 11.8 Å². The Labute approximate surface area is 311 Å². The molecular formula is C44H56N6O2. The number of benzene rings is 4. The molecule has 0 atom stereocenters. The summed E-state index contributed by atoms with van der Waals surface area (Å²) in [7, 11) is 0. The van der Waals surface area contributed by atoms with Crippen molar-refractivity contribution in [2.75, 3.05) is 72.8 Å². The van der Waals surface area contributed by atoms with Crippen LogP contribution >= 0.6 is 0 Å². The maximum atomic E-state index is 12.5. The van der Waals surface area contributed by atoms with Gasteiger partial charge in [-0.2, -0.15) is 0 Å². The number of hydrogen-bond acceptors (Lipinski definition) is 4. The van der Waals surface area contributed by atoms with E-state index in [9.17, 15) is 9.59 Å². The number of hydrogen-bond donors (Lipinski definition) is 2. The molecule has 8 heteroatoms. The summed E-state index contributed by atoms with van der Waals surface area (Å²) in [6.07, 6.45) is 0. The summed E-state index contributed by atoms with van der Waals surface area (Å²) >= 11 is 0. The minimum absolute atomic E-state index is 0.0131. The fraction of sp³-hybridized carbons (Fsp3) is 0.364. The summed E-state index contributed by atoms with van der Waals surface area (Å²) in [4.78, 5) is 33.4. The Morgan fingerprint density at radius 1 is 0.538 bits per heavy atom. The third-order valence-corrected chi connectivity index (χ3v) is 9.92. The minimum atomic E-state index is -0.0235. The maximum Gasteiger partial charge on any atom is 0.321 e. The molecule has 2 N–H and O–H groups in total. The smallest absolute Gasteiger partial charge is 0.321 e. The van der Waals surface area contributed by atoms with E-state index in [0.717, 1.165) is 69.3 Å². The Balaban J connectivity index is 0.000000202. The van der Waals surface area contributed by atoms with Crippen LogP contribution in [0.15, 0.2) is 104 Å². The molecule has 52 heavy (non-hydrogen) atoms. The monoisotopic (exact) mass is 700 g/mol. The topological polar surface area (TPSA) is 71.2 Å². The van der Waals surface area contributed by atoms with E-state index >= 15 is 0 Å². The summed E-state index contributed by atoms with van der Waals surface area (Å²) in [5.74, 6) is 0.992. The van der Waals surface area contributed by atoms with E-state index in [1.54, 1.807) is 0 Å². The van der Waals surface area contributed by atoms with Crippen LogP contribution in [0.4, 0.5) is 32.3 Å². The third-order valence-electron chi connectivity index (χ3n) is 9.92. The van der Waals surface area contributed by atoms with Gasteiger partial charge in [0.2, 0.25) is 0 Å². The number of carbonyl (C=O) groups excluding carboxylic acids is 2. The van der Waals surface area contributed by atoms with Gasteiger partial charge in [0.25, 0.3) is 0 Å². The van der Waals surface area contributed by atoms with Gasteiger partial charge >= 0.3 is 12.1 Å². The fourth-order valence-electron chi connectivity index (χ4n) is 6.36. The third kappa shape index (κ3) is 10.4. The second kappa shape index (κ2) is 17.8. The van der Waals surface area contributed by atoms with Crippen molar-refractivity contribution in [3.63, 3.8) is 0 Å². The minimum Gasteiger partial charge on any atom is -0.368 e. The molecule has 2 aliphatic rings. The van der Waals surface area contributed by atoms with Gasteiger partial charge in [0.05, 0.1) is 0 Å². The number of allylic oxidation sites excluding steroid dienone is 1. The first-order valence-corrected chi connectivity index (χ1v) is 18.6. The standard InChI is InChI=1S/C23H29N3O.C21H27N3O/c1-17(2)19-5-9-21(10-6-19)24-23(27)26-15-13-25(14-16-26)22-11-7-20(8-12-22)18(3)4;1-16(2)18-6-8-19(9-7-18)22-21(25)24-14-12-23(13-15-24)20-10-4-17(3)5-11-20/h5-12,17H,3,13-16H2,1-2,4H3,(H,24,27);4-11,16H,12-15H2,1-3H3,(H,22,25). The zero-order valence-corrected chi connectivity index (χ0v) is 31.9. The number of aryl methyl sites for hydroxylation is 1. The van der Waals surface area contributed by atoms with Gasteiger partial charge in [-0.05, 0) is 90.9 Å². The van der Waals surface area contributed by atoms with Crippen LogP contribution < -0.4 is 20.4 Å². The van der Waals surface area contributed by atoms with Gasteiger partial charge in [-0.3, -0.25) is 0 Å². The highest BCUT2D eigenvalue weighted by molar-refractivity contribution is 5.90. The lowest BCUT2D eigenvalue weighted by Gasteiger charge is -2.36. The van der Waals surface area contributed by atoms with Crippen LogP contribution in [-0.2, 0) is 0 Å². The van der Waals surface area contributed by atoms with Crippen LogP contribution in [0, 0.1) is 6.92 Å². The highest BCUT2D eigenvalue weighted by Crippen LogP contribution is 2.23. The van der Waals surface area contributed by atoms with Gasteiger partial charge in [-0.1, -0.05) is 93.9 Å². The molecule has 0 saturated carbocycles. The van der Waals surface area contributed by atoms with Crippen molar-refractivity contribution in [3.05, 3.63) is 126 Å². The lowest BCUT2D eigenvalue weighted by Crippen LogP contribution is -2.50. The van der Waals surface area contributed by atoms with E-state index in [1.807, 2.05) is 41.0 Å². The Hall–Kier alpha value is -5.24. The molecule has 2 heterocycles. The molecule has 0 aliphatic carbocycles. The van der Waals surface area contributed by atoms with Crippen LogP contribution in [0.3, 0.4) is 0 Å². The van der Waals surface area contributed by atoms with E-state index in [1.165, 1.54) is 33.6 Å². The van der Waals surface area contributed by atoms with Crippen LogP contribution in [0.5, 0.6) is 0 Å². The zero-order chi connectivity index (χ0) is 37.2.